The van der Waals surface area contributed by atoms with Gasteiger partial charge in [-0.3, -0.25) is 4.90 Å². The zero-order valence-electron chi connectivity index (χ0n) is 14.5. The lowest BCUT2D eigenvalue weighted by Crippen LogP contribution is -2.46. The van der Waals surface area contributed by atoms with Crippen LogP contribution in [0.15, 0.2) is 30.5 Å². The Morgan fingerprint density at radius 3 is 2.81 bits per heavy atom. The first-order chi connectivity index (χ1) is 12.5. The topological polar surface area (TPSA) is 58.1 Å². The second kappa shape index (κ2) is 6.50. The van der Waals surface area contributed by atoms with Crippen LogP contribution in [0.2, 0.25) is 5.28 Å². The van der Waals surface area contributed by atoms with Crippen LogP contribution in [-0.2, 0) is 0 Å². The minimum Gasteiger partial charge on any atom is -0.330 e. The molecule has 1 aliphatic carbocycles. The maximum absolute atomic E-state index is 13.5. The largest absolute Gasteiger partial charge is 0.330 e. The number of halogens is 2. The molecule has 7 heteroatoms. The van der Waals surface area contributed by atoms with Gasteiger partial charge in [-0.2, -0.15) is 0 Å². The van der Waals surface area contributed by atoms with E-state index in [2.05, 4.69) is 15.3 Å². The summed E-state index contributed by atoms with van der Waals surface area (Å²) in [5.74, 6) is 0.143. The lowest BCUT2D eigenvalue weighted by molar-refractivity contribution is 0.231. The van der Waals surface area contributed by atoms with Crippen molar-refractivity contribution in [2.24, 2.45) is 0 Å². The van der Waals surface area contributed by atoms with E-state index in [4.69, 9.17) is 11.6 Å². The zero-order valence-corrected chi connectivity index (χ0v) is 15.3. The Kier molecular flexibility index (Phi) is 4.31. The first-order valence-electron chi connectivity index (χ1n) is 8.80. The molecule has 1 aromatic heterocycles. The SMILES string of the molecule is Cc1nc(Cl)ncc1N1CC2(CCC(c3cccc(F)c3)CC2)NC1=O. The summed E-state index contributed by atoms with van der Waals surface area (Å²) in [5, 5.41) is 3.34. The van der Waals surface area contributed by atoms with Crippen LogP contribution in [0.25, 0.3) is 0 Å². The summed E-state index contributed by atoms with van der Waals surface area (Å²) in [6, 6.07) is 6.72. The second-order valence-corrected chi connectivity index (χ2v) is 7.57. The van der Waals surface area contributed by atoms with Crippen molar-refractivity contribution in [3.05, 3.63) is 52.8 Å². The van der Waals surface area contributed by atoms with Gasteiger partial charge in [0.15, 0.2) is 0 Å². The standard InChI is InChI=1S/C19H20ClFN4O/c1-12-16(10-22-17(20)23-12)25-11-19(24-18(25)26)7-5-13(6-8-19)14-3-2-4-15(21)9-14/h2-4,9-10,13H,5-8,11H2,1H3,(H,24,26). The van der Waals surface area contributed by atoms with E-state index in [1.165, 1.54) is 6.07 Å². The maximum atomic E-state index is 13.5. The number of hydrogen-bond acceptors (Lipinski definition) is 3. The summed E-state index contributed by atoms with van der Waals surface area (Å²) in [6.45, 7) is 2.41. The third kappa shape index (κ3) is 3.14. The molecule has 2 fully saturated rings. The Hall–Kier alpha value is -2.21. The van der Waals surface area contributed by atoms with E-state index in [0.29, 0.717) is 23.8 Å². The monoisotopic (exact) mass is 374 g/mol. The van der Waals surface area contributed by atoms with Crippen LogP contribution in [0.5, 0.6) is 0 Å². The molecule has 0 bridgehead atoms. The number of rotatable bonds is 2. The number of benzene rings is 1. The van der Waals surface area contributed by atoms with E-state index in [1.807, 2.05) is 13.0 Å². The molecule has 0 radical (unpaired) electrons. The maximum Gasteiger partial charge on any atom is 0.322 e. The summed E-state index contributed by atoms with van der Waals surface area (Å²) < 4.78 is 13.5. The highest BCUT2D eigenvalue weighted by Gasteiger charge is 2.45. The normalized spacial score (nSPS) is 25.6. The van der Waals surface area contributed by atoms with Crippen molar-refractivity contribution in [3.8, 4) is 0 Å². The quantitative estimate of drug-likeness (QED) is 0.801. The molecule has 136 valence electrons. The van der Waals surface area contributed by atoms with Crippen molar-refractivity contribution in [2.45, 2.75) is 44.1 Å². The number of amides is 2. The zero-order chi connectivity index (χ0) is 18.3. The molecular weight excluding hydrogens is 355 g/mol. The van der Waals surface area contributed by atoms with Crippen molar-refractivity contribution in [1.29, 1.82) is 0 Å². The molecule has 1 saturated heterocycles. The van der Waals surface area contributed by atoms with E-state index in [9.17, 15) is 9.18 Å². The van der Waals surface area contributed by atoms with Gasteiger partial charge in [0, 0.05) is 0 Å². The van der Waals surface area contributed by atoms with Gasteiger partial charge < -0.3 is 5.32 Å². The van der Waals surface area contributed by atoms with Crippen LogP contribution in [0, 0.1) is 12.7 Å². The predicted molar refractivity (Wildman–Crippen MR) is 98.0 cm³/mol. The van der Waals surface area contributed by atoms with Crippen LogP contribution in [0.3, 0.4) is 0 Å². The van der Waals surface area contributed by atoms with Crippen LogP contribution in [0.1, 0.15) is 42.9 Å². The summed E-state index contributed by atoms with van der Waals surface area (Å²) >= 11 is 5.82. The molecule has 1 N–H and O–H groups in total. The van der Waals surface area contributed by atoms with Gasteiger partial charge in [0.25, 0.3) is 0 Å². The van der Waals surface area contributed by atoms with E-state index >= 15 is 0 Å². The number of carbonyl (C=O) groups excluding carboxylic acids is 1. The van der Waals surface area contributed by atoms with Crippen molar-refractivity contribution in [3.63, 3.8) is 0 Å². The Morgan fingerprint density at radius 2 is 2.12 bits per heavy atom. The second-order valence-electron chi connectivity index (χ2n) is 7.24. The number of hydrogen-bond donors (Lipinski definition) is 1. The lowest BCUT2D eigenvalue weighted by Gasteiger charge is -2.36. The number of nitrogens with zero attached hydrogens (tertiary/aromatic N) is 3. The lowest BCUT2D eigenvalue weighted by atomic mass is 9.74. The fourth-order valence-corrected chi connectivity index (χ4v) is 4.32. The average Bonchev–Trinajstić information content (AvgIpc) is 2.91. The van der Waals surface area contributed by atoms with E-state index in [0.717, 1.165) is 31.2 Å². The molecule has 0 atom stereocenters. The van der Waals surface area contributed by atoms with Gasteiger partial charge in [0.2, 0.25) is 5.28 Å². The van der Waals surface area contributed by atoms with E-state index < -0.39 is 0 Å². The molecule has 2 aromatic rings. The van der Waals surface area contributed by atoms with Crippen LogP contribution in [-0.4, -0.2) is 28.1 Å². The molecule has 0 unspecified atom stereocenters. The summed E-state index contributed by atoms with van der Waals surface area (Å²) in [4.78, 5) is 22.4. The highest BCUT2D eigenvalue weighted by atomic mass is 35.5. The molecule has 2 heterocycles. The minimum absolute atomic E-state index is 0.122. The fraction of sp³-hybridized carbons (Fsp3) is 0.421. The van der Waals surface area contributed by atoms with E-state index in [-0.39, 0.29) is 22.7 Å². The van der Waals surface area contributed by atoms with Crippen molar-refractivity contribution in [2.75, 3.05) is 11.4 Å². The van der Waals surface area contributed by atoms with Gasteiger partial charge >= 0.3 is 6.03 Å². The molecule has 2 aliphatic rings. The number of aromatic nitrogens is 2. The Balaban J connectivity index is 1.49. The third-order valence-electron chi connectivity index (χ3n) is 5.56. The number of urea groups is 1. The average molecular weight is 375 g/mol. The van der Waals surface area contributed by atoms with Gasteiger partial charge in [-0.05, 0) is 67.8 Å². The van der Waals surface area contributed by atoms with Gasteiger partial charge in [-0.25, -0.2) is 19.2 Å². The number of carbonyl (C=O) groups is 1. The first kappa shape index (κ1) is 17.2. The third-order valence-corrected chi connectivity index (χ3v) is 5.74. The van der Waals surface area contributed by atoms with Gasteiger partial charge in [0.1, 0.15) is 5.82 Å². The Morgan fingerprint density at radius 1 is 1.35 bits per heavy atom. The van der Waals surface area contributed by atoms with Crippen LogP contribution in [0.4, 0.5) is 14.9 Å². The highest BCUT2D eigenvalue weighted by molar-refractivity contribution is 6.28. The smallest absolute Gasteiger partial charge is 0.322 e. The van der Waals surface area contributed by atoms with Crippen molar-refractivity contribution >= 4 is 23.3 Å². The van der Waals surface area contributed by atoms with Crippen LogP contribution >= 0.6 is 11.6 Å². The molecule has 1 spiro atoms. The van der Waals surface area contributed by atoms with Crippen molar-refractivity contribution < 1.29 is 9.18 Å². The first-order valence-corrected chi connectivity index (χ1v) is 9.18. The predicted octanol–water partition coefficient (Wildman–Crippen LogP) is 4.20. The summed E-state index contributed by atoms with van der Waals surface area (Å²) in [7, 11) is 0. The molecule has 26 heavy (non-hydrogen) atoms. The number of anilines is 1. The molecule has 1 aliphatic heterocycles. The van der Waals surface area contributed by atoms with Gasteiger partial charge in [-0.1, -0.05) is 12.1 Å². The molecule has 5 nitrogen and oxygen atoms in total. The molecular formula is C19H20ClFN4O. The molecule has 1 aromatic carbocycles. The Bertz CT molecular complexity index is 851. The summed E-state index contributed by atoms with van der Waals surface area (Å²) in [5.41, 5.74) is 2.18. The fourth-order valence-electron chi connectivity index (χ4n) is 4.15. The summed E-state index contributed by atoms with van der Waals surface area (Å²) in [6.07, 6.45) is 5.18. The van der Waals surface area contributed by atoms with Crippen molar-refractivity contribution in [1.82, 2.24) is 15.3 Å². The molecule has 2 amide bonds. The molecule has 4 rings (SSSR count). The van der Waals surface area contributed by atoms with Gasteiger partial charge in [-0.15, -0.1) is 0 Å². The number of nitrogens with one attached hydrogen (secondary N) is 1. The molecule has 1 saturated carbocycles. The Labute approximate surface area is 156 Å². The van der Waals surface area contributed by atoms with Crippen LogP contribution < -0.4 is 10.2 Å². The highest BCUT2D eigenvalue weighted by Crippen LogP contribution is 2.41. The minimum atomic E-state index is -0.243. The number of aryl methyl sites for hydroxylation is 1. The van der Waals surface area contributed by atoms with Gasteiger partial charge in [0.05, 0.1) is 29.7 Å². The van der Waals surface area contributed by atoms with E-state index in [1.54, 1.807) is 23.2 Å².